The molecule has 0 aliphatic heterocycles. The lowest BCUT2D eigenvalue weighted by atomic mass is 10.2. The van der Waals surface area contributed by atoms with E-state index >= 15 is 0 Å². The second-order valence-electron chi connectivity index (χ2n) is 1.96. The molecular weight excluding hydrogens is 144 g/mol. The third kappa shape index (κ3) is 1.30. The highest BCUT2D eigenvalue weighted by atomic mass is 32.1. The lowest BCUT2D eigenvalue weighted by Crippen LogP contribution is -1.91. The van der Waals surface area contributed by atoms with Crippen LogP contribution in [0.5, 0.6) is 0 Å². The average Bonchev–Trinajstić information content (AvgIpc) is 1.94. The predicted octanol–water partition coefficient (Wildman–Crippen LogP) is 1.56. The summed E-state index contributed by atoms with van der Waals surface area (Å²) in [5.41, 5.74) is 6.85. The largest absolute Gasteiger partial charge is 0.398 e. The summed E-state index contributed by atoms with van der Waals surface area (Å²) in [4.78, 5) is 0.827. The first-order valence-electron chi connectivity index (χ1n) is 2.83. The van der Waals surface area contributed by atoms with Gasteiger partial charge in [0.05, 0.1) is 0 Å². The van der Waals surface area contributed by atoms with E-state index in [0.717, 1.165) is 4.90 Å². The maximum absolute atomic E-state index is 6.94. The summed E-state index contributed by atoms with van der Waals surface area (Å²) in [6.45, 7) is 0. The summed E-state index contributed by atoms with van der Waals surface area (Å²) >= 11 is 4.10. The molecule has 0 spiro atoms. The minimum atomic E-state index is 0.618. The molecule has 3 heteroatoms. The fourth-order valence-corrected chi connectivity index (χ4v) is 0.901. The van der Waals surface area contributed by atoms with Gasteiger partial charge in [0.1, 0.15) is 0 Å². The maximum Gasteiger partial charge on any atom is 0.0403 e. The van der Waals surface area contributed by atoms with Gasteiger partial charge in [0, 0.05) is 22.4 Å². The van der Waals surface area contributed by atoms with Gasteiger partial charge < -0.3 is 11.1 Å². The van der Waals surface area contributed by atoms with Gasteiger partial charge in [-0.2, -0.15) is 0 Å². The van der Waals surface area contributed by atoms with Crippen LogP contribution in [-0.2, 0) is 0 Å². The quantitative estimate of drug-likeness (QED) is 0.319. The van der Waals surface area contributed by atoms with Crippen molar-refractivity contribution in [2.45, 2.75) is 4.90 Å². The molecular formula is C7H8N2S. The molecule has 10 heavy (non-hydrogen) atoms. The highest BCUT2D eigenvalue weighted by Crippen LogP contribution is 2.13. The van der Waals surface area contributed by atoms with Gasteiger partial charge in [0.25, 0.3) is 0 Å². The van der Waals surface area contributed by atoms with Crippen molar-refractivity contribution in [1.82, 2.24) is 0 Å². The molecule has 0 aliphatic carbocycles. The molecule has 0 aliphatic rings. The Kier molecular flexibility index (Phi) is 1.97. The highest BCUT2D eigenvalue weighted by Gasteiger charge is 1.93. The van der Waals surface area contributed by atoms with Gasteiger partial charge in [-0.15, -0.1) is 12.6 Å². The monoisotopic (exact) mass is 152 g/mol. The second kappa shape index (κ2) is 2.75. The maximum atomic E-state index is 6.94. The van der Waals surface area contributed by atoms with Crippen LogP contribution in [0.15, 0.2) is 23.1 Å². The normalized spacial score (nSPS) is 9.30. The third-order valence-electron chi connectivity index (χ3n) is 1.23. The molecule has 0 radical (unpaired) electrons. The van der Waals surface area contributed by atoms with Crippen molar-refractivity contribution in [3.05, 3.63) is 23.8 Å². The summed E-state index contributed by atoms with van der Waals surface area (Å²) in [6.07, 6.45) is 1.22. The number of nitrogen functional groups attached to an aromatic ring is 1. The van der Waals surface area contributed by atoms with Gasteiger partial charge in [-0.3, -0.25) is 0 Å². The zero-order valence-electron chi connectivity index (χ0n) is 5.33. The minimum absolute atomic E-state index is 0.618. The van der Waals surface area contributed by atoms with E-state index < -0.39 is 0 Å². The number of anilines is 1. The Bertz CT molecular complexity index is 258. The number of nitrogens with one attached hydrogen (secondary N) is 1. The van der Waals surface area contributed by atoms with E-state index in [1.165, 1.54) is 6.21 Å². The predicted molar refractivity (Wildman–Crippen MR) is 46.0 cm³/mol. The van der Waals surface area contributed by atoms with E-state index in [9.17, 15) is 0 Å². The van der Waals surface area contributed by atoms with Crippen molar-refractivity contribution < 1.29 is 0 Å². The second-order valence-corrected chi connectivity index (χ2v) is 2.47. The molecule has 0 heterocycles. The van der Waals surface area contributed by atoms with Crippen LogP contribution in [0.2, 0.25) is 0 Å². The van der Waals surface area contributed by atoms with Gasteiger partial charge in [-0.25, -0.2) is 0 Å². The zero-order valence-corrected chi connectivity index (χ0v) is 6.23. The third-order valence-corrected chi connectivity index (χ3v) is 1.50. The molecule has 2 nitrogen and oxygen atoms in total. The van der Waals surface area contributed by atoms with Crippen LogP contribution in [0.25, 0.3) is 0 Å². The Morgan fingerprint density at radius 1 is 1.50 bits per heavy atom. The molecule has 52 valence electrons. The van der Waals surface area contributed by atoms with Crippen LogP contribution in [-0.4, -0.2) is 6.21 Å². The highest BCUT2D eigenvalue weighted by molar-refractivity contribution is 7.80. The summed E-state index contributed by atoms with van der Waals surface area (Å²) in [6, 6.07) is 5.29. The average molecular weight is 152 g/mol. The molecule has 0 fully saturated rings. The zero-order chi connectivity index (χ0) is 7.56. The molecule has 0 atom stereocenters. The molecule has 0 aromatic heterocycles. The van der Waals surface area contributed by atoms with Crippen molar-refractivity contribution in [3.63, 3.8) is 0 Å². The molecule has 3 N–H and O–H groups in total. The topological polar surface area (TPSA) is 49.9 Å². The first-order valence-corrected chi connectivity index (χ1v) is 3.27. The lowest BCUT2D eigenvalue weighted by Gasteiger charge is -1.98. The van der Waals surface area contributed by atoms with E-state index in [1.54, 1.807) is 18.2 Å². The molecule has 0 bridgehead atoms. The van der Waals surface area contributed by atoms with Crippen LogP contribution in [0.4, 0.5) is 5.69 Å². The number of rotatable bonds is 1. The molecule has 1 rings (SSSR count). The van der Waals surface area contributed by atoms with Crippen molar-refractivity contribution in [2.75, 3.05) is 5.73 Å². The van der Waals surface area contributed by atoms with Crippen molar-refractivity contribution in [1.29, 1.82) is 5.41 Å². The van der Waals surface area contributed by atoms with E-state index in [2.05, 4.69) is 12.6 Å². The van der Waals surface area contributed by atoms with Gasteiger partial charge >= 0.3 is 0 Å². The Morgan fingerprint density at radius 2 is 2.20 bits per heavy atom. The fourth-order valence-electron chi connectivity index (χ4n) is 0.687. The molecule has 0 amide bonds. The van der Waals surface area contributed by atoms with Crippen LogP contribution >= 0.6 is 12.6 Å². The van der Waals surface area contributed by atoms with E-state index in [1.807, 2.05) is 0 Å². The molecule has 0 saturated heterocycles. The number of nitrogens with two attached hydrogens (primary N) is 1. The number of thiol groups is 1. The standard InChI is InChI=1S/C7H8N2S/c8-4-5-3-6(10)1-2-7(5)9/h1-4,8,10H,9H2. The minimum Gasteiger partial charge on any atom is -0.398 e. The molecule has 1 aromatic carbocycles. The van der Waals surface area contributed by atoms with E-state index in [-0.39, 0.29) is 0 Å². The molecule has 1 aromatic rings. The molecule has 0 saturated carbocycles. The lowest BCUT2D eigenvalue weighted by molar-refractivity contribution is 1.44. The smallest absolute Gasteiger partial charge is 0.0403 e. The number of hydrogen-bond acceptors (Lipinski definition) is 3. The summed E-state index contributed by atoms with van der Waals surface area (Å²) in [5, 5.41) is 6.94. The first kappa shape index (κ1) is 7.15. The number of benzene rings is 1. The van der Waals surface area contributed by atoms with Crippen molar-refractivity contribution >= 4 is 24.5 Å². The number of hydrogen-bond donors (Lipinski definition) is 3. The Hall–Kier alpha value is -0.960. The van der Waals surface area contributed by atoms with Crippen LogP contribution in [0.1, 0.15) is 5.56 Å². The van der Waals surface area contributed by atoms with Crippen molar-refractivity contribution in [2.24, 2.45) is 0 Å². The summed E-state index contributed by atoms with van der Waals surface area (Å²) < 4.78 is 0. The van der Waals surface area contributed by atoms with Gasteiger partial charge in [-0.05, 0) is 18.2 Å². The van der Waals surface area contributed by atoms with Gasteiger partial charge in [0.15, 0.2) is 0 Å². The van der Waals surface area contributed by atoms with Crippen molar-refractivity contribution in [3.8, 4) is 0 Å². The van der Waals surface area contributed by atoms with Crippen LogP contribution in [0.3, 0.4) is 0 Å². The van der Waals surface area contributed by atoms with Crippen LogP contribution in [0, 0.1) is 5.41 Å². The fraction of sp³-hybridized carbons (Fsp3) is 0. The Balaban J connectivity index is 3.21. The summed E-state index contributed by atoms with van der Waals surface area (Å²) in [5.74, 6) is 0. The van der Waals surface area contributed by atoms with Crippen LogP contribution < -0.4 is 5.73 Å². The first-order chi connectivity index (χ1) is 4.74. The van der Waals surface area contributed by atoms with Gasteiger partial charge in [-0.1, -0.05) is 0 Å². The Morgan fingerprint density at radius 3 is 2.70 bits per heavy atom. The SMILES string of the molecule is N=Cc1cc(S)ccc1N. The summed E-state index contributed by atoms with van der Waals surface area (Å²) in [7, 11) is 0. The van der Waals surface area contributed by atoms with E-state index in [4.69, 9.17) is 11.1 Å². The molecule has 0 unspecified atom stereocenters. The van der Waals surface area contributed by atoms with Gasteiger partial charge in [0.2, 0.25) is 0 Å². The van der Waals surface area contributed by atoms with E-state index in [0.29, 0.717) is 11.3 Å². The Labute approximate surface area is 65.0 Å².